The second-order valence-electron chi connectivity index (χ2n) is 6.00. The average molecular weight is 311 g/mol. The summed E-state index contributed by atoms with van der Waals surface area (Å²) in [6, 6.07) is 5.26. The Hall–Kier alpha value is -1.07. The van der Waals surface area contributed by atoms with Crippen molar-refractivity contribution in [3.63, 3.8) is 0 Å². The van der Waals surface area contributed by atoms with E-state index in [-0.39, 0.29) is 12.1 Å². The van der Waals surface area contributed by atoms with Crippen molar-refractivity contribution in [3.05, 3.63) is 23.8 Å². The van der Waals surface area contributed by atoms with Crippen LogP contribution in [0, 0.1) is 6.92 Å². The minimum atomic E-state index is -3.46. The van der Waals surface area contributed by atoms with Crippen molar-refractivity contribution in [1.29, 1.82) is 0 Å². The first-order valence-electron chi connectivity index (χ1n) is 7.56. The Morgan fingerprint density at radius 1 is 1.24 bits per heavy atom. The molecule has 0 bridgehead atoms. The van der Waals surface area contributed by atoms with Gasteiger partial charge < -0.3 is 4.74 Å². The minimum absolute atomic E-state index is 0.0281. The van der Waals surface area contributed by atoms with Crippen molar-refractivity contribution in [2.75, 3.05) is 7.11 Å². The molecule has 1 aromatic rings. The molecule has 0 radical (unpaired) electrons. The molecule has 0 unspecified atom stereocenters. The predicted octanol–water partition coefficient (Wildman–Crippen LogP) is 3.35. The van der Waals surface area contributed by atoms with Gasteiger partial charge in [0, 0.05) is 12.1 Å². The fourth-order valence-corrected chi connectivity index (χ4v) is 5.30. The highest BCUT2D eigenvalue weighted by atomic mass is 32.2. The van der Waals surface area contributed by atoms with Crippen LogP contribution in [0.1, 0.15) is 45.1 Å². The van der Waals surface area contributed by atoms with E-state index in [0.29, 0.717) is 10.6 Å². The molecule has 1 saturated carbocycles. The molecule has 4 nitrogen and oxygen atoms in total. The molecule has 0 aliphatic heterocycles. The Labute approximate surface area is 128 Å². The van der Waals surface area contributed by atoms with Crippen LogP contribution in [-0.4, -0.2) is 31.9 Å². The number of hydrogen-bond acceptors (Lipinski definition) is 3. The van der Waals surface area contributed by atoms with Crippen molar-refractivity contribution < 1.29 is 13.2 Å². The predicted molar refractivity (Wildman–Crippen MR) is 84.1 cm³/mol. The summed E-state index contributed by atoms with van der Waals surface area (Å²) < 4.78 is 33.0. The van der Waals surface area contributed by atoms with E-state index in [1.165, 1.54) is 0 Å². The van der Waals surface area contributed by atoms with E-state index in [1.807, 2.05) is 20.8 Å². The highest BCUT2D eigenvalue weighted by Gasteiger charge is 2.35. The monoisotopic (exact) mass is 311 g/mol. The number of sulfonamides is 1. The van der Waals surface area contributed by atoms with Crippen LogP contribution in [-0.2, 0) is 10.0 Å². The van der Waals surface area contributed by atoms with Crippen molar-refractivity contribution in [3.8, 4) is 5.75 Å². The van der Waals surface area contributed by atoms with Crippen molar-refractivity contribution in [2.45, 2.75) is 63.4 Å². The number of nitrogens with zero attached hydrogens (tertiary/aromatic N) is 1. The first-order valence-corrected chi connectivity index (χ1v) is 9.00. The second-order valence-corrected chi connectivity index (χ2v) is 7.81. The molecule has 5 heteroatoms. The molecule has 0 saturated heterocycles. The lowest BCUT2D eigenvalue weighted by molar-refractivity contribution is 0.275. The average Bonchev–Trinajstić information content (AvgIpc) is 2.90. The van der Waals surface area contributed by atoms with Gasteiger partial charge in [-0.15, -0.1) is 0 Å². The summed E-state index contributed by atoms with van der Waals surface area (Å²) in [4.78, 5) is 0.392. The van der Waals surface area contributed by atoms with E-state index >= 15 is 0 Å². The van der Waals surface area contributed by atoms with Crippen molar-refractivity contribution >= 4 is 10.0 Å². The molecule has 2 rings (SSSR count). The van der Waals surface area contributed by atoms with Crippen LogP contribution < -0.4 is 4.74 Å². The maximum absolute atomic E-state index is 13.1. The van der Waals surface area contributed by atoms with Crippen molar-refractivity contribution in [2.24, 2.45) is 0 Å². The molecular weight excluding hydrogens is 286 g/mol. The van der Waals surface area contributed by atoms with Gasteiger partial charge in [-0.25, -0.2) is 8.42 Å². The van der Waals surface area contributed by atoms with Gasteiger partial charge in [-0.3, -0.25) is 0 Å². The minimum Gasteiger partial charge on any atom is -0.497 e. The zero-order valence-electron chi connectivity index (χ0n) is 13.3. The highest BCUT2D eigenvalue weighted by molar-refractivity contribution is 7.89. The van der Waals surface area contributed by atoms with Gasteiger partial charge in [-0.05, 0) is 57.4 Å². The summed E-state index contributed by atoms with van der Waals surface area (Å²) in [5.74, 6) is 0.684. The maximum atomic E-state index is 13.1. The molecule has 1 fully saturated rings. The summed E-state index contributed by atoms with van der Waals surface area (Å²) >= 11 is 0. The normalized spacial score (nSPS) is 16.9. The molecule has 0 N–H and O–H groups in total. The Bertz CT molecular complexity index is 590. The third kappa shape index (κ3) is 3.24. The van der Waals surface area contributed by atoms with Gasteiger partial charge in [0.25, 0.3) is 0 Å². The number of aryl methyl sites for hydroxylation is 1. The SMILES string of the molecule is COc1ccc(S(=O)(=O)N(C(C)C)C2CCCC2)c(C)c1. The fraction of sp³-hybridized carbons (Fsp3) is 0.625. The molecule has 118 valence electrons. The molecule has 21 heavy (non-hydrogen) atoms. The Morgan fingerprint density at radius 3 is 2.33 bits per heavy atom. The number of ether oxygens (including phenoxy) is 1. The van der Waals surface area contributed by atoms with Gasteiger partial charge in [-0.1, -0.05) is 12.8 Å². The number of methoxy groups -OCH3 is 1. The summed E-state index contributed by atoms with van der Waals surface area (Å²) in [6.07, 6.45) is 4.16. The molecule has 1 aliphatic rings. The number of hydrogen-bond donors (Lipinski definition) is 0. The zero-order valence-corrected chi connectivity index (χ0v) is 14.1. The van der Waals surface area contributed by atoms with Crippen LogP contribution in [0.5, 0.6) is 5.75 Å². The van der Waals surface area contributed by atoms with Gasteiger partial charge in [0.2, 0.25) is 10.0 Å². The molecule has 0 aromatic heterocycles. The van der Waals surface area contributed by atoms with Crippen LogP contribution in [0.2, 0.25) is 0 Å². The van der Waals surface area contributed by atoms with E-state index in [4.69, 9.17) is 4.74 Å². The largest absolute Gasteiger partial charge is 0.497 e. The number of benzene rings is 1. The van der Waals surface area contributed by atoms with Gasteiger partial charge in [-0.2, -0.15) is 4.31 Å². The molecule has 0 heterocycles. The van der Waals surface area contributed by atoms with Crippen LogP contribution >= 0.6 is 0 Å². The second kappa shape index (κ2) is 6.36. The summed E-state index contributed by atoms with van der Waals surface area (Å²) in [5.41, 5.74) is 0.734. The van der Waals surface area contributed by atoms with Gasteiger partial charge in [0.05, 0.1) is 12.0 Å². The molecule has 0 amide bonds. The third-order valence-electron chi connectivity index (χ3n) is 4.13. The first kappa shape index (κ1) is 16.3. The standard InChI is InChI=1S/C16H25NO3S/c1-12(2)17(14-7-5-6-8-14)21(18,19)16-10-9-15(20-4)11-13(16)3/h9-12,14H,5-8H2,1-4H3. The lowest BCUT2D eigenvalue weighted by Gasteiger charge is -2.32. The summed E-state index contributed by atoms with van der Waals surface area (Å²) in [5, 5.41) is 0. The first-order chi connectivity index (χ1) is 9.87. The van der Waals surface area contributed by atoms with E-state index in [2.05, 4.69) is 0 Å². The molecule has 0 atom stereocenters. The van der Waals surface area contributed by atoms with E-state index in [0.717, 1.165) is 31.2 Å². The lowest BCUT2D eigenvalue weighted by atomic mass is 10.2. The van der Waals surface area contributed by atoms with Gasteiger partial charge >= 0.3 is 0 Å². The van der Waals surface area contributed by atoms with Gasteiger partial charge in [0.1, 0.15) is 5.75 Å². The molecule has 1 aromatic carbocycles. The fourth-order valence-electron chi connectivity index (χ4n) is 3.21. The quantitative estimate of drug-likeness (QED) is 0.838. The highest BCUT2D eigenvalue weighted by Crippen LogP contribution is 2.32. The Kier molecular flexibility index (Phi) is 4.94. The van der Waals surface area contributed by atoms with E-state index in [9.17, 15) is 8.42 Å². The van der Waals surface area contributed by atoms with Crippen LogP contribution in [0.15, 0.2) is 23.1 Å². The van der Waals surface area contributed by atoms with Crippen LogP contribution in [0.25, 0.3) is 0 Å². The summed E-state index contributed by atoms with van der Waals surface area (Å²) in [7, 11) is -1.88. The molecular formula is C16H25NO3S. The third-order valence-corrected chi connectivity index (χ3v) is 6.42. The Balaban J connectivity index is 2.43. The van der Waals surface area contributed by atoms with Crippen LogP contribution in [0.4, 0.5) is 0 Å². The lowest BCUT2D eigenvalue weighted by Crippen LogP contribution is -2.43. The molecule has 1 aliphatic carbocycles. The maximum Gasteiger partial charge on any atom is 0.243 e. The number of rotatable bonds is 5. The van der Waals surface area contributed by atoms with E-state index < -0.39 is 10.0 Å². The summed E-state index contributed by atoms with van der Waals surface area (Å²) in [6.45, 7) is 5.73. The van der Waals surface area contributed by atoms with Crippen LogP contribution in [0.3, 0.4) is 0 Å². The Morgan fingerprint density at radius 2 is 1.86 bits per heavy atom. The zero-order chi connectivity index (χ0) is 15.6. The van der Waals surface area contributed by atoms with Crippen molar-refractivity contribution in [1.82, 2.24) is 4.31 Å². The van der Waals surface area contributed by atoms with E-state index in [1.54, 1.807) is 29.6 Å². The smallest absolute Gasteiger partial charge is 0.243 e. The topological polar surface area (TPSA) is 46.6 Å². The molecule has 0 spiro atoms. The van der Waals surface area contributed by atoms with Gasteiger partial charge in [0.15, 0.2) is 0 Å².